The number of para-hydroxylation sites is 1. The van der Waals surface area contributed by atoms with Gasteiger partial charge in [0.25, 0.3) is 0 Å². The standard InChI is InChI=1S/C15H23NO3/c1-17-14-5-3-4-13(15(14)18-2)11-16-10-12-6-8-19-9-7-12/h3-5,12,16H,6-11H2,1-2H3. The first kappa shape index (κ1) is 14.2. The van der Waals surface area contributed by atoms with E-state index in [-0.39, 0.29) is 0 Å². The molecule has 1 N–H and O–H groups in total. The molecule has 0 spiro atoms. The lowest BCUT2D eigenvalue weighted by Gasteiger charge is -2.22. The molecule has 0 aliphatic carbocycles. The van der Waals surface area contributed by atoms with Crippen LogP contribution < -0.4 is 14.8 Å². The van der Waals surface area contributed by atoms with Crippen LogP contribution in [0.1, 0.15) is 18.4 Å². The van der Waals surface area contributed by atoms with Crippen LogP contribution in [0.5, 0.6) is 11.5 Å². The van der Waals surface area contributed by atoms with Gasteiger partial charge in [0.05, 0.1) is 14.2 Å². The second-order valence-electron chi connectivity index (χ2n) is 4.84. The fourth-order valence-corrected chi connectivity index (χ4v) is 2.45. The minimum absolute atomic E-state index is 0.727. The highest BCUT2D eigenvalue weighted by Gasteiger charge is 2.14. The van der Waals surface area contributed by atoms with E-state index in [1.54, 1.807) is 14.2 Å². The summed E-state index contributed by atoms with van der Waals surface area (Å²) >= 11 is 0. The van der Waals surface area contributed by atoms with Gasteiger partial charge in [-0.15, -0.1) is 0 Å². The molecule has 0 unspecified atom stereocenters. The smallest absolute Gasteiger partial charge is 0.165 e. The maximum absolute atomic E-state index is 5.42. The van der Waals surface area contributed by atoms with Gasteiger partial charge in [0, 0.05) is 25.3 Å². The molecule has 0 saturated carbocycles. The number of methoxy groups -OCH3 is 2. The quantitative estimate of drug-likeness (QED) is 0.856. The van der Waals surface area contributed by atoms with Crippen LogP contribution in [0.25, 0.3) is 0 Å². The maximum atomic E-state index is 5.42. The van der Waals surface area contributed by atoms with Gasteiger partial charge < -0.3 is 19.5 Å². The van der Waals surface area contributed by atoms with Gasteiger partial charge in [-0.1, -0.05) is 12.1 Å². The summed E-state index contributed by atoms with van der Waals surface area (Å²) in [7, 11) is 3.34. The first-order chi connectivity index (χ1) is 9.35. The Balaban J connectivity index is 1.88. The van der Waals surface area contributed by atoms with E-state index in [9.17, 15) is 0 Å². The Bertz CT molecular complexity index is 389. The first-order valence-corrected chi connectivity index (χ1v) is 6.83. The summed E-state index contributed by atoms with van der Waals surface area (Å²) in [6.45, 7) is 3.63. The number of hydrogen-bond acceptors (Lipinski definition) is 4. The van der Waals surface area contributed by atoms with Crippen LogP contribution in [0.2, 0.25) is 0 Å². The van der Waals surface area contributed by atoms with Crippen LogP contribution in [0.3, 0.4) is 0 Å². The highest BCUT2D eigenvalue weighted by molar-refractivity contribution is 5.46. The number of hydrogen-bond donors (Lipinski definition) is 1. The molecule has 1 saturated heterocycles. The van der Waals surface area contributed by atoms with Gasteiger partial charge in [-0.2, -0.15) is 0 Å². The van der Waals surface area contributed by atoms with Crippen LogP contribution in [0, 0.1) is 5.92 Å². The molecule has 2 rings (SSSR count). The third kappa shape index (κ3) is 3.85. The molecular formula is C15H23NO3. The summed E-state index contributed by atoms with van der Waals surface area (Å²) < 4.78 is 16.1. The van der Waals surface area contributed by atoms with Crippen molar-refractivity contribution in [3.05, 3.63) is 23.8 Å². The number of ether oxygens (including phenoxy) is 3. The number of rotatable bonds is 6. The van der Waals surface area contributed by atoms with Gasteiger partial charge in [0.1, 0.15) is 0 Å². The number of nitrogens with one attached hydrogen (secondary N) is 1. The minimum atomic E-state index is 0.727. The van der Waals surface area contributed by atoms with Gasteiger partial charge in [-0.3, -0.25) is 0 Å². The molecule has 0 atom stereocenters. The van der Waals surface area contributed by atoms with Gasteiger partial charge in [-0.25, -0.2) is 0 Å². The zero-order valence-electron chi connectivity index (χ0n) is 11.8. The largest absolute Gasteiger partial charge is 0.493 e. The van der Waals surface area contributed by atoms with Crippen LogP contribution >= 0.6 is 0 Å². The third-order valence-corrected chi connectivity index (χ3v) is 3.57. The molecule has 4 nitrogen and oxygen atoms in total. The molecule has 1 aliphatic heterocycles. The zero-order chi connectivity index (χ0) is 13.5. The van der Waals surface area contributed by atoms with Crippen molar-refractivity contribution in [1.29, 1.82) is 0 Å². The van der Waals surface area contributed by atoms with Crippen molar-refractivity contribution in [3.63, 3.8) is 0 Å². The molecule has 1 aromatic carbocycles. The fourth-order valence-electron chi connectivity index (χ4n) is 2.45. The molecule has 1 aliphatic rings. The molecule has 1 aromatic rings. The Hall–Kier alpha value is -1.26. The van der Waals surface area contributed by atoms with E-state index < -0.39 is 0 Å². The van der Waals surface area contributed by atoms with E-state index in [4.69, 9.17) is 14.2 Å². The summed E-state index contributed by atoms with van der Waals surface area (Å²) in [6.07, 6.45) is 2.31. The molecule has 0 radical (unpaired) electrons. The summed E-state index contributed by atoms with van der Waals surface area (Å²) in [5.74, 6) is 2.34. The molecular weight excluding hydrogens is 242 g/mol. The van der Waals surface area contributed by atoms with Crippen molar-refractivity contribution in [2.75, 3.05) is 34.0 Å². The normalized spacial score (nSPS) is 16.3. The molecule has 19 heavy (non-hydrogen) atoms. The molecule has 0 aromatic heterocycles. The van der Waals surface area contributed by atoms with E-state index in [1.807, 2.05) is 12.1 Å². The highest BCUT2D eigenvalue weighted by atomic mass is 16.5. The Labute approximate surface area is 115 Å². The average Bonchev–Trinajstić information content (AvgIpc) is 2.48. The topological polar surface area (TPSA) is 39.7 Å². The van der Waals surface area contributed by atoms with Gasteiger partial charge >= 0.3 is 0 Å². The van der Waals surface area contributed by atoms with Crippen LogP contribution in [-0.2, 0) is 11.3 Å². The van der Waals surface area contributed by atoms with Crippen LogP contribution in [0.15, 0.2) is 18.2 Å². The second kappa shape index (κ2) is 7.36. The molecule has 0 bridgehead atoms. The van der Waals surface area contributed by atoms with Gasteiger partial charge in [-0.05, 0) is 31.4 Å². The van der Waals surface area contributed by atoms with E-state index in [1.165, 1.54) is 0 Å². The third-order valence-electron chi connectivity index (χ3n) is 3.57. The van der Waals surface area contributed by atoms with Crippen molar-refractivity contribution >= 4 is 0 Å². The Kier molecular flexibility index (Phi) is 5.48. The Morgan fingerprint density at radius 2 is 2.00 bits per heavy atom. The van der Waals surface area contributed by atoms with Crippen molar-refractivity contribution in [1.82, 2.24) is 5.32 Å². The first-order valence-electron chi connectivity index (χ1n) is 6.83. The summed E-state index contributed by atoms with van der Waals surface area (Å²) in [5.41, 5.74) is 1.13. The molecule has 1 heterocycles. The lowest BCUT2D eigenvalue weighted by atomic mass is 10.0. The summed E-state index contributed by atoms with van der Waals surface area (Å²) in [5, 5.41) is 3.51. The van der Waals surface area contributed by atoms with Gasteiger partial charge in [0.15, 0.2) is 11.5 Å². The maximum Gasteiger partial charge on any atom is 0.165 e. The van der Waals surface area contributed by atoms with Gasteiger partial charge in [0.2, 0.25) is 0 Å². The van der Waals surface area contributed by atoms with Crippen molar-refractivity contribution < 1.29 is 14.2 Å². The van der Waals surface area contributed by atoms with Crippen molar-refractivity contribution in [2.45, 2.75) is 19.4 Å². The molecule has 0 amide bonds. The lowest BCUT2D eigenvalue weighted by molar-refractivity contribution is 0.0662. The Morgan fingerprint density at radius 1 is 1.21 bits per heavy atom. The van der Waals surface area contributed by atoms with Crippen LogP contribution in [-0.4, -0.2) is 34.0 Å². The van der Waals surface area contributed by atoms with E-state index in [2.05, 4.69) is 11.4 Å². The number of benzene rings is 1. The van der Waals surface area contributed by atoms with Crippen molar-refractivity contribution in [2.24, 2.45) is 5.92 Å². The average molecular weight is 265 g/mol. The molecule has 1 fully saturated rings. The monoisotopic (exact) mass is 265 g/mol. The predicted molar refractivity (Wildman–Crippen MR) is 74.8 cm³/mol. The second-order valence-corrected chi connectivity index (χ2v) is 4.84. The highest BCUT2D eigenvalue weighted by Crippen LogP contribution is 2.30. The van der Waals surface area contributed by atoms with Crippen molar-refractivity contribution in [3.8, 4) is 11.5 Å². The van der Waals surface area contributed by atoms with E-state index >= 15 is 0 Å². The fraction of sp³-hybridized carbons (Fsp3) is 0.600. The van der Waals surface area contributed by atoms with Crippen LogP contribution in [0.4, 0.5) is 0 Å². The summed E-state index contributed by atoms with van der Waals surface area (Å²) in [6, 6.07) is 5.98. The van der Waals surface area contributed by atoms with E-state index in [0.717, 1.165) is 62.1 Å². The lowest BCUT2D eigenvalue weighted by Crippen LogP contribution is -2.27. The molecule has 4 heteroatoms. The predicted octanol–water partition coefficient (Wildman–Crippen LogP) is 2.22. The molecule has 106 valence electrons. The summed E-state index contributed by atoms with van der Waals surface area (Å²) in [4.78, 5) is 0. The minimum Gasteiger partial charge on any atom is -0.493 e. The van der Waals surface area contributed by atoms with E-state index in [0.29, 0.717) is 0 Å². The SMILES string of the molecule is COc1cccc(CNCC2CCOCC2)c1OC. The Morgan fingerprint density at radius 3 is 2.68 bits per heavy atom. The zero-order valence-corrected chi connectivity index (χ0v) is 11.8.